The molecule has 0 bridgehead atoms. The topological polar surface area (TPSA) is 56.1 Å². The summed E-state index contributed by atoms with van der Waals surface area (Å²) in [5.41, 5.74) is 4.97. The van der Waals surface area contributed by atoms with Crippen molar-refractivity contribution in [3.05, 3.63) is 65.2 Å². The van der Waals surface area contributed by atoms with Crippen molar-refractivity contribution >= 4 is 11.4 Å². The Morgan fingerprint density at radius 1 is 1.00 bits per heavy atom. The number of hydrogen-bond acceptors (Lipinski definition) is 4. The van der Waals surface area contributed by atoms with Crippen molar-refractivity contribution in [3.63, 3.8) is 0 Å². The number of anilines is 1. The van der Waals surface area contributed by atoms with Gasteiger partial charge in [0.05, 0.1) is 12.3 Å². The van der Waals surface area contributed by atoms with E-state index in [0.717, 1.165) is 42.0 Å². The van der Waals surface area contributed by atoms with Crippen LogP contribution in [0.25, 0.3) is 0 Å². The highest BCUT2D eigenvalue weighted by molar-refractivity contribution is 6.06. The molecule has 0 saturated carbocycles. The normalized spacial score (nSPS) is 16.0. The maximum Gasteiger partial charge on any atom is 0.0906 e. The monoisotopic (exact) mass is 282 g/mol. The van der Waals surface area contributed by atoms with Crippen molar-refractivity contribution in [2.75, 3.05) is 11.4 Å². The van der Waals surface area contributed by atoms with Crippen molar-refractivity contribution in [2.24, 2.45) is 5.16 Å². The third-order valence-corrected chi connectivity index (χ3v) is 3.87. The molecule has 2 N–H and O–H groups in total. The van der Waals surface area contributed by atoms with Crippen LogP contribution in [0.4, 0.5) is 5.69 Å². The molecule has 0 unspecified atom stereocenters. The predicted octanol–water partition coefficient (Wildman–Crippen LogP) is 2.77. The van der Waals surface area contributed by atoms with Crippen molar-refractivity contribution < 1.29 is 10.3 Å². The van der Waals surface area contributed by atoms with Gasteiger partial charge < -0.3 is 15.2 Å². The zero-order valence-corrected chi connectivity index (χ0v) is 11.7. The second-order valence-corrected chi connectivity index (χ2v) is 5.21. The molecule has 108 valence electrons. The molecule has 4 nitrogen and oxygen atoms in total. The molecule has 0 radical (unpaired) electrons. The molecule has 1 aliphatic heterocycles. The highest BCUT2D eigenvalue weighted by atomic mass is 16.4. The SMILES string of the molecule is OCc1ccc(CN2CC/C(=N/O)c3ccccc32)cc1. The van der Waals surface area contributed by atoms with Gasteiger partial charge in [-0.1, -0.05) is 47.6 Å². The number of fused-ring (bicyclic) bond motifs is 1. The van der Waals surface area contributed by atoms with E-state index in [0.29, 0.717) is 0 Å². The predicted molar refractivity (Wildman–Crippen MR) is 82.8 cm³/mol. The lowest BCUT2D eigenvalue weighted by Crippen LogP contribution is -2.31. The quantitative estimate of drug-likeness (QED) is 0.672. The summed E-state index contributed by atoms with van der Waals surface area (Å²) in [4.78, 5) is 2.29. The van der Waals surface area contributed by atoms with E-state index >= 15 is 0 Å². The summed E-state index contributed by atoms with van der Waals surface area (Å²) in [7, 11) is 0. The third-order valence-electron chi connectivity index (χ3n) is 3.87. The molecule has 0 saturated heterocycles. The number of rotatable bonds is 3. The van der Waals surface area contributed by atoms with Crippen LogP contribution < -0.4 is 4.90 Å². The first-order chi connectivity index (χ1) is 10.3. The number of para-hydroxylation sites is 1. The van der Waals surface area contributed by atoms with Crippen LogP contribution in [0.3, 0.4) is 0 Å². The van der Waals surface area contributed by atoms with E-state index in [2.05, 4.69) is 16.1 Å². The molecule has 1 aliphatic rings. The molecule has 0 amide bonds. The Balaban J connectivity index is 1.86. The Bertz CT molecular complexity index is 650. The van der Waals surface area contributed by atoms with E-state index in [1.807, 2.05) is 42.5 Å². The second-order valence-electron chi connectivity index (χ2n) is 5.21. The number of nitrogens with zero attached hydrogens (tertiary/aromatic N) is 2. The lowest BCUT2D eigenvalue weighted by molar-refractivity contribution is 0.282. The summed E-state index contributed by atoms with van der Waals surface area (Å²) >= 11 is 0. The zero-order valence-electron chi connectivity index (χ0n) is 11.7. The van der Waals surface area contributed by atoms with E-state index in [1.54, 1.807) is 0 Å². The minimum Gasteiger partial charge on any atom is -0.411 e. The average molecular weight is 282 g/mol. The van der Waals surface area contributed by atoms with Crippen molar-refractivity contribution in [1.82, 2.24) is 0 Å². The molecule has 2 aromatic carbocycles. The van der Waals surface area contributed by atoms with Crippen LogP contribution in [-0.2, 0) is 13.2 Å². The smallest absolute Gasteiger partial charge is 0.0906 e. The highest BCUT2D eigenvalue weighted by Gasteiger charge is 2.21. The standard InChI is InChI=1S/C17H18N2O2/c20-12-14-7-5-13(6-8-14)11-19-10-9-16(18-21)15-3-1-2-4-17(15)19/h1-8,20-21H,9-12H2/b18-16-. The molecule has 1 heterocycles. The van der Waals surface area contributed by atoms with Crippen LogP contribution in [0.5, 0.6) is 0 Å². The fourth-order valence-corrected chi connectivity index (χ4v) is 2.73. The van der Waals surface area contributed by atoms with Gasteiger partial charge in [-0.3, -0.25) is 0 Å². The molecule has 0 aliphatic carbocycles. The van der Waals surface area contributed by atoms with Crippen LogP contribution in [-0.4, -0.2) is 22.6 Å². The maximum atomic E-state index is 9.12. The summed E-state index contributed by atoms with van der Waals surface area (Å²) < 4.78 is 0. The lowest BCUT2D eigenvalue weighted by atomic mass is 9.99. The molecule has 3 rings (SSSR count). The Morgan fingerprint density at radius 2 is 1.71 bits per heavy atom. The second kappa shape index (κ2) is 5.97. The van der Waals surface area contributed by atoms with E-state index in [-0.39, 0.29) is 6.61 Å². The highest BCUT2D eigenvalue weighted by Crippen LogP contribution is 2.28. The Labute approximate surface area is 124 Å². The first-order valence-corrected chi connectivity index (χ1v) is 7.06. The number of hydrogen-bond donors (Lipinski definition) is 2. The van der Waals surface area contributed by atoms with Gasteiger partial charge in [0.25, 0.3) is 0 Å². The largest absolute Gasteiger partial charge is 0.411 e. The van der Waals surface area contributed by atoms with Gasteiger partial charge >= 0.3 is 0 Å². The summed E-state index contributed by atoms with van der Waals surface area (Å²) in [6.45, 7) is 1.71. The summed E-state index contributed by atoms with van der Waals surface area (Å²) in [5, 5.41) is 21.6. The van der Waals surface area contributed by atoms with Gasteiger partial charge in [0.1, 0.15) is 0 Å². The van der Waals surface area contributed by atoms with E-state index in [9.17, 15) is 0 Å². The van der Waals surface area contributed by atoms with Gasteiger partial charge in [-0.25, -0.2) is 0 Å². The molecule has 0 aromatic heterocycles. The van der Waals surface area contributed by atoms with Gasteiger partial charge in [-0.2, -0.15) is 0 Å². The van der Waals surface area contributed by atoms with Gasteiger partial charge in [-0.15, -0.1) is 0 Å². The molecular weight excluding hydrogens is 264 g/mol. The molecule has 0 atom stereocenters. The van der Waals surface area contributed by atoms with Crippen LogP contribution in [0.1, 0.15) is 23.1 Å². The minimum absolute atomic E-state index is 0.0726. The Morgan fingerprint density at radius 3 is 2.43 bits per heavy atom. The van der Waals surface area contributed by atoms with Crippen molar-refractivity contribution in [2.45, 2.75) is 19.6 Å². The fraction of sp³-hybridized carbons (Fsp3) is 0.235. The van der Waals surface area contributed by atoms with Crippen molar-refractivity contribution in [1.29, 1.82) is 0 Å². The summed E-state index contributed by atoms with van der Waals surface area (Å²) in [5.74, 6) is 0. The van der Waals surface area contributed by atoms with E-state index in [1.165, 1.54) is 5.56 Å². The zero-order chi connectivity index (χ0) is 14.7. The summed E-state index contributed by atoms with van der Waals surface area (Å²) in [6.07, 6.45) is 0.738. The van der Waals surface area contributed by atoms with Crippen LogP contribution in [0.15, 0.2) is 53.7 Å². The average Bonchev–Trinajstić information content (AvgIpc) is 2.56. The number of benzene rings is 2. The summed E-state index contributed by atoms with van der Waals surface area (Å²) in [6, 6.07) is 16.0. The first-order valence-electron chi connectivity index (χ1n) is 7.06. The molecule has 21 heavy (non-hydrogen) atoms. The molecule has 0 fully saturated rings. The maximum absolute atomic E-state index is 9.12. The Kier molecular flexibility index (Phi) is 3.88. The Hall–Kier alpha value is -2.33. The minimum atomic E-state index is 0.0726. The fourth-order valence-electron chi connectivity index (χ4n) is 2.73. The van der Waals surface area contributed by atoms with Crippen LogP contribution in [0, 0.1) is 0 Å². The molecular formula is C17H18N2O2. The molecule has 2 aromatic rings. The van der Waals surface area contributed by atoms with Crippen LogP contribution >= 0.6 is 0 Å². The van der Waals surface area contributed by atoms with Crippen LogP contribution in [0.2, 0.25) is 0 Å². The van der Waals surface area contributed by atoms with Gasteiger partial charge in [0.2, 0.25) is 0 Å². The van der Waals surface area contributed by atoms with Gasteiger partial charge in [0.15, 0.2) is 0 Å². The van der Waals surface area contributed by atoms with E-state index in [4.69, 9.17) is 10.3 Å². The van der Waals surface area contributed by atoms with Gasteiger partial charge in [-0.05, 0) is 17.2 Å². The molecule has 0 spiro atoms. The third kappa shape index (κ3) is 2.76. The molecule has 4 heteroatoms. The number of aliphatic hydroxyl groups excluding tert-OH is 1. The van der Waals surface area contributed by atoms with E-state index < -0.39 is 0 Å². The van der Waals surface area contributed by atoms with Gasteiger partial charge in [0, 0.05) is 30.8 Å². The lowest BCUT2D eigenvalue weighted by Gasteiger charge is -2.31. The first kappa shape index (κ1) is 13.6. The number of aliphatic hydroxyl groups is 1. The van der Waals surface area contributed by atoms with Crippen molar-refractivity contribution in [3.8, 4) is 0 Å². The number of oxime groups is 1.